The molecule has 2 aromatic carbocycles. The molecule has 7 nitrogen and oxygen atoms in total. The lowest BCUT2D eigenvalue weighted by atomic mass is 9.95. The number of carbonyl (C=O) groups is 2. The molecule has 1 fully saturated rings. The van der Waals surface area contributed by atoms with E-state index in [1.165, 1.54) is 12.0 Å². The van der Waals surface area contributed by atoms with Crippen molar-refractivity contribution in [3.05, 3.63) is 63.6 Å². The summed E-state index contributed by atoms with van der Waals surface area (Å²) in [4.78, 5) is 27.3. The number of nitrogens with zero attached hydrogens (tertiary/aromatic N) is 1. The quantitative estimate of drug-likeness (QED) is 0.232. The van der Waals surface area contributed by atoms with E-state index in [1.54, 1.807) is 42.5 Å². The first kappa shape index (κ1) is 23.8. The summed E-state index contributed by atoms with van der Waals surface area (Å²) < 4.78 is 11.5. The second kappa shape index (κ2) is 10.7. The molecule has 8 heteroatoms. The van der Waals surface area contributed by atoms with Gasteiger partial charge in [0, 0.05) is 25.1 Å². The van der Waals surface area contributed by atoms with Gasteiger partial charge in [-0.2, -0.15) is 0 Å². The minimum Gasteiger partial charge on any atom is -0.507 e. The van der Waals surface area contributed by atoms with Gasteiger partial charge >= 0.3 is 0 Å². The summed E-state index contributed by atoms with van der Waals surface area (Å²) in [5.41, 5.74) is 1.09. The molecule has 1 saturated heterocycles. The van der Waals surface area contributed by atoms with Gasteiger partial charge in [0.25, 0.3) is 11.7 Å². The SMILES string of the molecule is CCCN1C(=O)C(=O)/C(=C(/O)c2ccc(OC)c(Br)c2)C1c1cccc(OCCCO)c1. The van der Waals surface area contributed by atoms with E-state index in [2.05, 4.69) is 15.9 Å². The second-order valence-corrected chi connectivity index (χ2v) is 8.19. The van der Waals surface area contributed by atoms with Crippen molar-refractivity contribution in [1.82, 2.24) is 4.90 Å². The van der Waals surface area contributed by atoms with Gasteiger partial charge in [-0.25, -0.2) is 0 Å². The first-order valence-electron chi connectivity index (χ1n) is 10.4. The molecule has 1 amide bonds. The number of ketones is 1. The van der Waals surface area contributed by atoms with Gasteiger partial charge in [-0.3, -0.25) is 9.59 Å². The lowest BCUT2D eigenvalue weighted by Crippen LogP contribution is -2.30. The summed E-state index contributed by atoms with van der Waals surface area (Å²) in [5.74, 6) is -0.471. The van der Waals surface area contributed by atoms with Crippen LogP contribution in [0.3, 0.4) is 0 Å². The summed E-state index contributed by atoms with van der Waals surface area (Å²) in [6.07, 6.45) is 1.15. The molecule has 170 valence electrons. The maximum atomic E-state index is 13.0. The van der Waals surface area contributed by atoms with Gasteiger partial charge < -0.3 is 24.6 Å². The molecule has 1 heterocycles. The van der Waals surface area contributed by atoms with Crippen molar-refractivity contribution >= 4 is 33.4 Å². The highest BCUT2D eigenvalue weighted by Crippen LogP contribution is 2.41. The molecular weight excluding hydrogens is 478 g/mol. The first-order valence-corrected chi connectivity index (χ1v) is 11.2. The van der Waals surface area contributed by atoms with Crippen LogP contribution in [0.5, 0.6) is 11.5 Å². The van der Waals surface area contributed by atoms with Crippen LogP contribution in [0.2, 0.25) is 0 Å². The van der Waals surface area contributed by atoms with E-state index in [1.807, 2.05) is 6.92 Å². The van der Waals surface area contributed by atoms with Crippen LogP contribution in [0.25, 0.3) is 5.76 Å². The van der Waals surface area contributed by atoms with Gasteiger partial charge in [-0.1, -0.05) is 19.1 Å². The molecule has 2 aromatic rings. The third kappa shape index (κ3) is 4.81. The van der Waals surface area contributed by atoms with Crippen LogP contribution in [0.4, 0.5) is 0 Å². The molecule has 1 atom stereocenters. The second-order valence-electron chi connectivity index (χ2n) is 7.34. The van der Waals surface area contributed by atoms with E-state index < -0.39 is 17.7 Å². The Morgan fingerprint density at radius 2 is 1.97 bits per heavy atom. The summed E-state index contributed by atoms with van der Waals surface area (Å²) in [6, 6.07) is 11.3. The Labute approximate surface area is 195 Å². The molecule has 0 aromatic heterocycles. The molecule has 3 rings (SSSR count). The third-order valence-corrected chi connectivity index (χ3v) is 5.79. The number of ether oxygens (including phenoxy) is 2. The Hall–Kier alpha value is -2.84. The monoisotopic (exact) mass is 503 g/mol. The zero-order chi connectivity index (χ0) is 23.3. The Morgan fingerprint density at radius 3 is 2.62 bits per heavy atom. The van der Waals surface area contributed by atoms with Crippen LogP contribution >= 0.6 is 15.9 Å². The summed E-state index contributed by atoms with van der Waals surface area (Å²) >= 11 is 3.39. The fourth-order valence-electron chi connectivity index (χ4n) is 3.70. The Morgan fingerprint density at radius 1 is 1.19 bits per heavy atom. The van der Waals surface area contributed by atoms with E-state index in [9.17, 15) is 14.7 Å². The van der Waals surface area contributed by atoms with E-state index in [4.69, 9.17) is 14.6 Å². The van der Waals surface area contributed by atoms with Gasteiger partial charge in [-0.15, -0.1) is 0 Å². The van der Waals surface area contributed by atoms with Gasteiger partial charge in [0.1, 0.15) is 17.3 Å². The number of aliphatic hydroxyl groups excluding tert-OH is 2. The number of hydrogen-bond donors (Lipinski definition) is 2. The van der Waals surface area contributed by atoms with Gasteiger partial charge in [0.15, 0.2) is 0 Å². The van der Waals surface area contributed by atoms with E-state index >= 15 is 0 Å². The molecule has 0 saturated carbocycles. The van der Waals surface area contributed by atoms with Crippen molar-refractivity contribution in [3.63, 3.8) is 0 Å². The smallest absolute Gasteiger partial charge is 0.295 e. The Balaban J connectivity index is 2.10. The largest absolute Gasteiger partial charge is 0.507 e. The predicted octanol–water partition coefficient (Wildman–Crippen LogP) is 4.05. The number of halogens is 1. The summed E-state index contributed by atoms with van der Waals surface area (Å²) in [6.45, 7) is 2.65. The molecule has 0 bridgehead atoms. The molecule has 1 aliphatic rings. The number of benzene rings is 2. The van der Waals surface area contributed by atoms with Crippen molar-refractivity contribution < 1.29 is 29.3 Å². The number of carbonyl (C=O) groups excluding carboxylic acids is 2. The molecule has 0 spiro atoms. The highest BCUT2D eigenvalue weighted by atomic mass is 79.9. The zero-order valence-corrected chi connectivity index (χ0v) is 19.6. The maximum absolute atomic E-state index is 13.0. The number of methoxy groups -OCH3 is 1. The topological polar surface area (TPSA) is 96.3 Å². The van der Waals surface area contributed by atoms with Crippen LogP contribution < -0.4 is 9.47 Å². The summed E-state index contributed by atoms with van der Waals surface area (Å²) in [5, 5.41) is 20.1. The number of likely N-dealkylation sites (tertiary alicyclic amines) is 1. The minimum atomic E-state index is -0.739. The van der Waals surface area contributed by atoms with Gasteiger partial charge in [0.05, 0.1) is 29.8 Å². The zero-order valence-electron chi connectivity index (χ0n) is 18.0. The third-order valence-electron chi connectivity index (χ3n) is 5.17. The summed E-state index contributed by atoms with van der Waals surface area (Å²) in [7, 11) is 1.53. The van der Waals surface area contributed by atoms with Crippen LogP contribution in [-0.4, -0.2) is 53.7 Å². The number of hydrogen-bond acceptors (Lipinski definition) is 6. The number of amides is 1. The molecule has 1 unspecified atom stereocenters. The van der Waals surface area contributed by atoms with Crippen LogP contribution in [0.15, 0.2) is 52.5 Å². The minimum absolute atomic E-state index is 0.0216. The average Bonchev–Trinajstić information content (AvgIpc) is 3.04. The van der Waals surface area contributed by atoms with Crippen LogP contribution in [-0.2, 0) is 9.59 Å². The van der Waals surface area contributed by atoms with Crippen molar-refractivity contribution in [1.29, 1.82) is 0 Å². The van der Waals surface area contributed by atoms with E-state index in [0.29, 0.717) is 53.1 Å². The van der Waals surface area contributed by atoms with Crippen molar-refractivity contribution in [2.75, 3.05) is 26.9 Å². The van der Waals surface area contributed by atoms with Crippen LogP contribution in [0, 0.1) is 0 Å². The normalized spacial score (nSPS) is 17.6. The average molecular weight is 504 g/mol. The molecular formula is C24H26BrNO6. The predicted molar refractivity (Wildman–Crippen MR) is 124 cm³/mol. The molecule has 0 radical (unpaired) electrons. The highest BCUT2D eigenvalue weighted by Gasteiger charge is 2.45. The van der Waals surface area contributed by atoms with E-state index in [-0.39, 0.29) is 17.9 Å². The molecule has 32 heavy (non-hydrogen) atoms. The van der Waals surface area contributed by atoms with Crippen molar-refractivity contribution in [2.24, 2.45) is 0 Å². The first-order chi connectivity index (χ1) is 15.4. The van der Waals surface area contributed by atoms with Crippen molar-refractivity contribution in [2.45, 2.75) is 25.8 Å². The lowest BCUT2D eigenvalue weighted by Gasteiger charge is -2.25. The maximum Gasteiger partial charge on any atom is 0.295 e. The Bertz CT molecular complexity index is 1030. The lowest BCUT2D eigenvalue weighted by molar-refractivity contribution is -0.139. The highest BCUT2D eigenvalue weighted by molar-refractivity contribution is 9.10. The Kier molecular flexibility index (Phi) is 7.93. The number of Topliss-reactive ketones (excluding diaryl/α,β-unsaturated/α-hetero) is 1. The van der Waals surface area contributed by atoms with Crippen LogP contribution in [0.1, 0.15) is 36.9 Å². The molecule has 1 aliphatic heterocycles. The van der Waals surface area contributed by atoms with Gasteiger partial charge in [-0.05, 0) is 58.2 Å². The fourth-order valence-corrected chi connectivity index (χ4v) is 4.24. The number of aliphatic hydroxyl groups is 2. The van der Waals surface area contributed by atoms with E-state index in [0.717, 1.165) is 0 Å². The van der Waals surface area contributed by atoms with Crippen molar-refractivity contribution in [3.8, 4) is 11.5 Å². The van der Waals surface area contributed by atoms with Gasteiger partial charge in [0.2, 0.25) is 0 Å². The standard InChI is InChI=1S/C24H26BrNO6/c1-3-10-26-21(15-6-4-7-17(13-15)32-12-5-11-27)20(23(29)24(26)30)22(28)16-8-9-19(31-2)18(25)14-16/h4,6-9,13-14,21,27-28H,3,5,10-12H2,1-2H3/b22-20+. The molecule has 0 aliphatic carbocycles. The number of rotatable bonds is 9. The molecule has 2 N–H and O–H groups in total. The fraction of sp³-hybridized carbons (Fsp3) is 0.333.